The Labute approximate surface area is 72.7 Å². The Morgan fingerprint density at radius 3 is 2.58 bits per heavy atom. The van der Waals surface area contributed by atoms with Crippen LogP contribution in [-0.2, 0) is 0 Å². The number of aliphatic hydroxyl groups excluding tert-OH is 2. The van der Waals surface area contributed by atoms with E-state index in [1.54, 1.807) is 0 Å². The topological polar surface area (TPSA) is 46.9 Å². The van der Waals surface area contributed by atoms with Crippen LogP contribution in [0.25, 0.3) is 0 Å². The highest BCUT2D eigenvalue weighted by atomic mass is 16.3. The van der Waals surface area contributed by atoms with Crippen molar-refractivity contribution >= 4 is 0 Å². The first kappa shape index (κ1) is 9.35. The van der Waals surface area contributed by atoms with Gasteiger partial charge in [0.25, 0.3) is 0 Å². The third kappa shape index (κ3) is 2.39. The van der Waals surface area contributed by atoms with E-state index < -0.39 is 6.10 Å². The highest BCUT2D eigenvalue weighted by molar-refractivity contribution is 4.90. The van der Waals surface area contributed by atoms with Crippen molar-refractivity contribution in [2.75, 3.05) is 26.4 Å². The number of nitrogens with zero attached hydrogens (tertiary/aromatic N) is 2. The molecule has 0 amide bonds. The summed E-state index contributed by atoms with van der Waals surface area (Å²) in [6.45, 7) is 4.20. The van der Waals surface area contributed by atoms with Gasteiger partial charge in [0.05, 0.1) is 19.4 Å². The number of rotatable bonds is 4. The van der Waals surface area contributed by atoms with Crippen LogP contribution >= 0.6 is 0 Å². The van der Waals surface area contributed by atoms with Gasteiger partial charge in [0, 0.05) is 25.5 Å². The molecule has 0 aromatic carbocycles. The monoisotopic (exact) mass is 172 g/mol. The molecule has 1 heterocycles. The largest absolute Gasteiger partial charge is 0.394 e. The van der Waals surface area contributed by atoms with Gasteiger partial charge in [-0.2, -0.15) is 0 Å². The molecule has 1 aliphatic heterocycles. The molecule has 0 spiro atoms. The smallest absolute Gasteiger partial charge is 0.0945 e. The van der Waals surface area contributed by atoms with Gasteiger partial charge < -0.3 is 20.0 Å². The van der Waals surface area contributed by atoms with E-state index in [9.17, 15) is 0 Å². The van der Waals surface area contributed by atoms with Gasteiger partial charge in [-0.25, -0.2) is 0 Å². The standard InChI is InChI=1S/C8H16N2O2/c1-2-9-3-4-10(7-9)5-8(12)6-11/h3-4,8,11-12H,2,5-7H2,1H3. The van der Waals surface area contributed by atoms with E-state index in [4.69, 9.17) is 10.2 Å². The fourth-order valence-corrected chi connectivity index (χ4v) is 1.17. The Hall–Kier alpha value is -0.740. The summed E-state index contributed by atoms with van der Waals surface area (Å²) in [6, 6.07) is 0. The molecule has 1 unspecified atom stereocenters. The van der Waals surface area contributed by atoms with E-state index in [0.29, 0.717) is 6.54 Å². The van der Waals surface area contributed by atoms with Crippen molar-refractivity contribution in [1.82, 2.24) is 9.80 Å². The Balaban J connectivity index is 2.24. The molecule has 1 rings (SSSR count). The summed E-state index contributed by atoms with van der Waals surface area (Å²) in [5.41, 5.74) is 0. The Morgan fingerprint density at radius 1 is 1.42 bits per heavy atom. The molecule has 12 heavy (non-hydrogen) atoms. The van der Waals surface area contributed by atoms with Gasteiger partial charge in [0.1, 0.15) is 0 Å². The second kappa shape index (κ2) is 4.33. The summed E-state index contributed by atoms with van der Waals surface area (Å²) in [5.74, 6) is 0. The Bertz CT molecular complexity index is 161. The van der Waals surface area contributed by atoms with Crippen molar-refractivity contribution in [2.45, 2.75) is 13.0 Å². The van der Waals surface area contributed by atoms with E-state index >= 15 is 0 Å². The first-order valence-electron chi connectivity index (χ1n) is 4.21. The lowest BCUT2D eigenvalue weighted by Gasteiger charge is -2.21. The summed E-state index contributed by atoms with van der Waals surface area (Å²) in [6.07, 6.45) is 3.29. The van der Waals surface area contributed by atoms with E-state index in [2.05, 4.69) is 11.8 Å². The average molecular weight is 172 g/mol. The predicted octanol–water partition coefficient (Wildman–Crippen LogP) is -0.594. The van der Waals surface area contributed by atoms with E-state index in [1.165, 1.54) is 0 Å². The van der Waals surface area contributed by atoms with E-state index in [1.807, 2.05) is 17.3 Å². The van der Waals surface area contributed by atoms with Gasteiger partial charge in [-0.15, -0.1) is 0 Å². The van der Waals surface area contributed by atoms with Crippen molar-refractivity contribution in [3.63, 3.8) is 0 Å². The third-order valence-corrected chi connectivity index (χ3v) is 1.91. The predicted molar refractivity (Wildman–Crippen MR) is 46.2 cm³/mol. The molecule has 2 N–H and O–H groups in total. The molecule has 1 aliphatic rings. The maximum Gasteiger partial charge on any atom is 0.0945 e. The van der Waals surface area contributed by atoms with E-state index in [-0.39, 0.29) is 6.61 Å². The zero-order valence-electron chi connectivity index (χ0n) is 7.35. The molecule has 1 atom stereocenters. The second-order valence-electron chi connectivity index (χ2n) is 2.95. The number of β-amino-alcohol motifs (C(OH)–C–C–N with tert-alkyl or cyclic N) is 1. The molecule has 0 saturated heterocycles. The molecule has 0 bridgehead atoms. The molecule has 0 aromatic heterocycles. The minimum atomic E-state index is -0.633. The number of aliphatic hydroxyl groups is 2. The van der Waals surface area contributed by atoms with Crippen LogP contribution in [-0.4, -0.2) is 52.5 Å². The SMILES string of the molecule is CCN1C=CN(CC(O)CO)C1. The summed E-state index contributed by atoms with van der Waals surface area (Å²) < 4.78 is 0. The lowest BCUT2D eigenvalue weighted by atomic mass is 10.3. The highest BCUT2D eigenvalue weighted by Gasteiger charge is 2.13. The van der Waals surface area contributed by atoms with Crippen LogP contribution in [0.15, 0.2) is 12.4 Å². The van der Waals surface area contributed by atoms with Gasteiger partial charge in [-0.05, 0) is 6.92 Å². The molecule has 70 valence electrons. The van der Waals surface area contributed by atoms with Gasteiger partial charge in [0.15, 0.2) is 0 Å². The van der Waals surface area contributed by atoms with Crippen molar-refractivity contribution in [1.29, 1.82) is 0 Å². The average Bonchev–Trinajstić information content (AvgIpc) is 2.52. The van der Waals surface area contributed by atoms with Crippen LogP contribution in [0.1, 0.15) is 6.92 Å². The Kier molecular flexibility index (Phi) is 3.37. The fraction of sp³-hybridized carbons (Fsp3) is 0.750. The molecule has 4 nitrogen and oxygen atoms in total. The van der Waals surface area contributed by atoms with E-state index in [0.717, 1.165) is 13.2 Å². The normalized spacial score (nSPS) is 18.9. The third-order valence-electron chi connectivity index (χ3n) is 1.91. The maximum atomic E-state index is 9.13. The van der Waals surface area contributed by atoms with Crippen LogP contribution < -0.4 is 0 Å². The van der Waals surface area contributed by atoms with Gasteiger partial charge in [0.2, 0.25) is 0 Å². The molecule has 4 heteroatoms. The quantitative estimate of drug-likeness (QED) is 0.595. The van der Waals surface area contributed by atoms with Crippen molar-refractivity contribution in [3.8, 4) is 0 Å². The van der Waals surface area contributed by atoms with Crippen LogP contribution in [0.5, 0.6) is 0 Å². The molecule has 0 aliphatic carbocycles. The van der Waals surface area contributed by atoms with Crippen LogP contribution in [0.3, 0.4) is 0 Å². The van der Waals surface area contributed by atoms with Gasteiger partial charge in [-0.3, -0.25) is 0 Å². The fourth-order valence-electron chi connectivity index (χ4n) is 1.17. The lowest BCUT2D eigenvalue weighted by molar-refractivity contribution is 0.0672. The zero-order valence-corrected chi connectivity index (χ0v) is 7.35. The van der Waals surface area contributed by atoms with Crippen LogP contribution in [0.2, 0.25) is 0 Å². The van der Waals surface area contributed by atoms with Crippen molar-refractivity contribution in [2.24, 2.45) is 0 Å². The molecule has 0 radical (unpaired) electrons. The van der Waals surface area contributed by atoms with Crippen molar-refractivity contribution in [3.05, 3.63) is 12.4 Å². The molecule has 0 fully saturated rings. The molecule has 0 aromatic rings. The molecular formula is C8H16N2O2. The molecular weight excluding hydrogens is 156 g/mol. The summed E-state index contributed by atoms with van der Waals surface area (Å²) >= 11 is 0. The maximum absolute atomic E-state index is 9.13. The summed E-state index contributed by atoms with van der Waals surface area (Å²) in [5, 5.41) is 17.7. The zero-order chi connectivity index (χ0) is 8.97. The molecule has 0 saturated carbocycles. The lowest BCUT2D eigenvalue weighted by Crippen LogP contribution is -2.33. The summed E-state index contributed by atoms with van der Waals surface area (Å²) in [4.78, 5) is 4.11. The summed E-state index contributed by atoms with van der Waals surface area (Å²) in [7, 11) is 0. The first-order valence-corrected chi connectivity index (χ1v) is 4.21. The van der Waals surface area contributed by atoms with Crippen molar-refractivity contribution < 1.29 is 10.2 Å². The minimum absolute atomic E-state index is 0.170. The van der Waals surface area contributed by atoms with Gasteiger partial charge in [-0.1, -0.05) is 0 Å². The minimum Gasteiger partial charge on any atom is -0.394 e. The number of hydrogen-bond acceptors (Lipinski definition) is 4. The highest BCUT2D eigenvalue weighted by Crippen LogP contribution is 2.05. The first-order chi connectivity index (χ1) is 5.76. The van der Waals surface area contributed by atoms with Crippen LogP contribution in [0.4, 0.5) is 0 Å². The second-order valence-corrected chi connectivity index (χ2v) is 2.95. The number of hydrogen-bond donors (Lipinski definition) is 2. The van der Waals surface area contributed by atoms with Gasteiger partial charge >= 0.3 is 0 Å². The Morgan fingerprint density at radius 2 is 2.08 bits per heavy atom. The van der Waals surface area contributed by atoms with Crippen LogP contribution in [0, 0.1) is 0 Å².